The van der Waals surface area contributed by atoms with Crippen LogP contribution in [0.25, 0.3) is 0 Å². The van der Waals surface area contributed by atoms with Gasteiger partial charge in [0.05, 0.1) is 12.2 Å². The number of benzene rings is 1. The Morgan fingerprint density at radius 3 is 2.45 bits per heavy atom. The van der Waals surface area contributed by atoms with E-state index in [4.69, 9.17) is 16.3 Å². The fraction of sp³-hybridized carbons (Fsp3) is 0.562. The van der Waals surface area contributed by atoms with Crippen LogP contribution in [-0.2, 0) is 0 Å². The van der Waals surface area contributed by atoms with Gasteiger partial charge in [-0.15, -0.1) is 11.6 Å². The van der Waals surface area contributed by atoms with E-state index in [1.165, 1.54) is 0 Å². The van der Waals surface area contributed by atoms with Crippen molar-refractivity contribution in [1.29, 1.82) is 0 Å². The van der Waals surface area contributed by atoms with E-state index in [1.807, 2.05) is 25.1 Å². The van der Waals surface area contributed by atoms with Crippen LogP contribution in [0.4, 0.5) is 0 Å². The van der Waals surface area contributed by atoms with Gasteiger partial charge in [-0.05, 0) is 31.9 Å². The van der Waals surface area contributed by atoms with Crippen LogP contribution in [-0.4, -0.2) is 24.9 Å². The number of ether oxygens (including phenoxy) is 1. The van der Waals surface area contributed by atoms with Crippen LogP contribution < -0.4 is 10.1 Å². The summed E-state index contributed by atoms with van der Waals surface area (Å²) >= 11 is 6.06. The van der Waals surface area contributed by atoms with Crippen molar-refractivity contribution >= 4 is 17.5 Å². The minimum atomic E-state index is -0.106. The monoisotopic (exact) mass is 297 g/mol. The molecule has 0 bridgehead atoms. The van der Waals surface area contributed by atoms with Gasteiger partial charge in [0, 0.05) is 17.8 Å². The average Bonchev–Trinajstić information content (AvgIpc) is 2.50. The highest BCUT2D eigenvalue weighted by Gasteiger charge is 2.26. The lowest BCUT2D eigenvalue weighted by atomic mass is 9.84. The number of rotatable bonds is 8. The molecule has 0 aliphatic carbocycles. The molecule has 0 saturated heterocycles. The zero-order chi connectivity index (χ0) is 15.0. The summed E-state index contributed by atoms with van der Waals surface area (Å²) in [5.74, 6) is 1.07. The average molecular weight is 298 g/mol. The van der Waals surface area contributed by atoms with Crippen molar-refractivity contribution in [1.82, 2.24) is 5.32 Å². The minimum Gasteiger partial charge on any atom is -0.493 e. The highest BCUT2D eigenvalue weighted by Crippen LogP contribution is 2.27. The van der Waals surface area contributed by atoms with Crippen LogP contribution in [0.3, 0.4) is 0 Å². The fourth-order valence-corrected chi connectivity index (χ4v) is 2.51. The van der Waals surface area contributed by atoms with E-state index in [2.05, 4.69) is 19.2 Å². The zero-order valence-corrected chi connectivity index (χ0v) is 13.3. The number of hydrogen-bond acceptors (Lipinski definition) is 2. The first-order valence-corrected chi connectivity index (χ1v) is 7.72. The van der Waals surface area contributed by atoms with Crippen LogP contribution in [0, 0.1) is 5.41 Å². The van der Waals surface area contributed by atoms with Crippen LogP contribution in [0.2, 0.25) is 0 Å². The first-order valence-electron chi connectivity index (χ1n) is 7.18. The summed E-state index contributed by atoms with van der Waals surface area (Å²) in [4.78, 5) is 12.3. The van der Waals surface area contributed by atoms with E-state index < -0.39 is 0 Å². The maximum Gasteiger partial charge on any atom is 0.255 e. The maximum absolute atomic E-state index is 12.3. The summed E-state index contributed by atoms with van der Waals surface area (Å²) in [7, 11) is 0. The third kappa shape index (κ3) is 4.14. The molecule has 0 radical (unpaired) electrons. The largest absolute Gasteiger partial charge is 0.493 e. The molecule has 20 heavy (non-hydrogen) atoms. The van der Waals surface area contributed by atoms with Crippen LogP contribution in [0.1, 0.15) is 44.0 Å². The Hall–Kier alpha value is -1.22. The predicted molar refractivity (Wildman–Crippen MR) is 83.7 cm³/mol. The van der Waals surface area contributed by atoms with Crippen LogP contribution >= 0.6 is 11.6 Å². The summed E-state index contributed by atoms with van der Waals surface area (Å²) in [5, 5.41) is 2.99. The second-order valence-corrected chi connectivity index (χ2v) is 5.22. The molecule has 0 heterocycles. The van der Waals surface area contributed by atoms with Gasteiger partial charge in [0.2, 0.25) is 0 Å². The van der Waals surface area contributed by atoms with Crippen LogP contribution in [0.5, 0.6) is 5.75 Å². The van der Waals surface area contributed by atoms with E-state index in [0.29, 0.717) is 30.3 Å². The second-order valence-electron chi connectivity index (χ2n) is 4.95. The fourth-order valence-electron chi connectivity index (χ4n) is 2.03. The van der Waals surface area contributed by atoms with Gasteiger partial charge in [0.1, 0.15) is 5.75 Å². The highest BCUT2D eigenvalue weighted by atomic mass is 35.5. The van der Waals surface area contributed by atoms with Crippen molar-refractivity contribution in [3.63, 3.8) is 0 Å². The van der Waals surface area contributed by atoms with Crippen molar-refractivity contribution in [2.75, 3.05) is 19.0 Å². The molecule has 0 atom stereocenters. The number of halogens is 1. The molecule has 0 aliphatic heterocycles. The lowest BCUT2D eigenvalue weighted by Crippen LogP contribution is -2.38. The summed E-state index contributed by atoms with van der Waals surface area (Å²) in [6.45, 7) is 7.24. The summed E-state index contributed by atoms with van der Waals surface area (Å²) in [6, 6.07) is 7.29. The third-order valence-corrected chi connectivity index (χ3v) is 4.41. The van der Waals surface area contributed by atoms with Gasteiger partial charge in [-0.3, -0.25) is 4.79 Å². The second kappa shape index (κ2) is 8.15. The molecule has 0 fully saturated rings. The van der Waals surface area contributed by atoms with Gasteiger partial charge in [-0.1, -0.05) is 26.0 Å². The SMILES string of the molecule is CCOc1ccccc1C(=O)NCC(CC)(CC)CCl. The summed E-state index contributed by atoms with van der Waals surface area (Å²) in [6.07, 6.45) is 1.89. The molecule has 1 amide bonds. The third-order valence-electron chi connectivity index (χ3n) is 3.84. The molecule has 1 aromatic rings. The predicted octanol–water partition coefficient (Wildman–Crippen LogP) is 3.86. The number of carbonyl (C=O) groups is 1. The van der Waals surface area contributed by atoms with Crippen molar-refractivity contribution in [3.05, 3.63) is 29.8 Å². The quantitative estimate of drug-likeness (QED) is 0.740. The Bertz CT molecular complexity index is 422. The Morgan fingerprint density at radius 1 is 1.25 bits per heavy atom. The Kier molecular flexibility index (Phi) is 6.86. The molecular formula is C16H24ClNO2. The van der Waals surface area contributed by atoms with Gasteiger partial charge >= 0.3 is 0 Å². The smallest absolute Gasteiger partial charge is 0.255 e. The van der Waals surface area contributed by atoms with Gasteiger partial charge in [0.25, 0.3) is 5.91 Å². The van der Waals surface area contributed by atoms with Crippen molar-refractivity contribution in [2.24, 2.45) is 5.41 Å². The van der Waals surface area contributed by atoms with Gasteiger partial charge in [-0.2, -0.15) is 0 Å². The molecule has 3 nitrogen and oxygen atoms in total. The molecule has 1 aromatic carbocycles. The van der Waals surface area contributed by atoms with E-state index in [0.717, 1.165) is 12.8 Å². The van der Waals surface area contributed by atoms with Crippen LogP contribution in [0.15, 0.2) is 24.3 Å². The number of alkyl halides is 1. The number of para-hydroxylation sites is 1. The molecule has 4 heteroatoms. The van der Waals surface area contributed by atoms with Crippen molar-refractivity contribution < 1.29 is 9.53 Å². The van der Waals surface area contributed by atoms with E-state index in [9.17, 15) is 4.79 Å². The normalized spacial score (nSPS) is 11.2. The molecule has 1 N–H and O–H groups in total. The Labute approximate surface area is 126 Å². The lowest BCUT2D eigenvalue weighted by Gasteiger charge is -2.29. The Balaban J connectivity index is 2.76. The number of nitrogens with one attached hydrogen (secondary N) is 1. The molecule has 1 rings (SSSR count). The van der Waals surface area contributed by atoms with E-state index >= 15 is 0 Å². The molecule has 0 saturated carbocycles. The first-order chi connectivity index (χ1) is 9.62. The maximum atomic E-state index is 12.3. The molecule has 112 valence electrons. The van der Waals surface area contributed by atoms with Gasteiger partial charge in [-0.25, -0.2) is 0 Å². The highest BCUT2D eigenvalue weighted by molar-refractivity contribution is 6.18. The zero-order valence-electron chi connectivity index (χ0n) is 12.5. The number of carbonyl (C=O) groups excluding carboxylic acids is 1. The topological polar surface area (TPSA) is 38.3 Å². The molecule has 0 spiro atoms. The summed E-state index contributed by atoms with van der Waals surface area (Å²) < 4.78 is 5.48. The number of hydrogen-bond donors (Lipinski definition) is 1. The molecule has 0 unspecified atom stereocenters. The molecule has 0 aliphatic rings. The van der Waals surface area contributed by atoms with E-state index in [1.54, 1.807) is 6.07 Å². The minimum absolute atomic E-state index is 0.0300. The first kappa shape index (κ1) is 16.8. The van der Waals surface area contributed by atoms with Gasteiger partial charge in [0.15, 0.2) is 0 Å². The molecule has 0 aromatic heterocycles. The lowest BCUT2D eigenvalue weighted by molar-refractivity contribution is 0.0928. The number of amides is 1. The summed E-state index contributed by atoms with van der Waals surface area (Å²) in [5.41, 5.74) is 0.544. The van der Waals surface area contributed by atoms with Gasteiger partial charge < -0.3 is 10.1 Å². The van der Waals surface area contributed by atoms with Crippen molar-refractivity contribution in [2.45, 2.75) is 33.6 Å². The molecular weight excluding hydrogens is 274 g/mol. The van der Waals surface area contributed by atoms with E-state index in [-0.39, 0.29) is 11.3 Å². The Morgan fingerprint density at radius 2 is 1.90 bits per heavy atom. The standard InChI is InChI=1S/C16H24ClNO2/c1-4-16(5-2,11-17)12-18-15(19)13-9-7-8-10-14(13)20-6-3/h7-10H,4-6,11-12H2,1-3H3,(H,18,19). The van der Waals surface area contributed by atoms with Crippen molar-refractivity contribution in [3.8, 4) is 5.75 Å².